The van der Waals surface area contributed by atoms with Gasteiger partial charge in [0.1, 0.15) is 11.6 Å². The largest absolute Gasteiger partial charge is 0.478 e. The maximum atomic E-state index is 13.5. The van der Waals surface area contributed by atoms with Gasteiger partial charge in [-0.3, -0.25) is 0 Å². The second-order valence-corrected chi connectivity index (χ2v) is 4.93. The zero-order chi connectivity index (χ0) is 13.0. The van der Waals surface area contributed by atoms with Crippen molar-refractivity contribution in [2.75, 3.05) is 5.75 Å². The Hall–Kier alpha value is -1.10. The van der Waals surface area contributed by atoms with E-state index in [9.17, 15) is 13.6 Å². The Bertz CT molecular complexity index is 398. The maximum Gasteiger partial charge on any atom is 0.335 e. The summed E-state index contributed by atoms with van der Waals surface area (Å²) >= 11 is 1.08. The first-order valence-corrected chi connectivity index (χ1v) is 6.29. The van der Waals surface area contributed by atoms with Crippen LogP contribution in [0.5, 0.6) is 0 Å². The van der Waals surface area contributed by atoms with Crippen LogP contribution in [0.15, 0.2) is 17.0 Å². The summed E-state index contributed by atoms with van der Waals surface area (Å²) in [4.78, 5) is 10.5. The molecule has 1 aromatic rings. The lowest BCUT2D eigenvalue weighted by Crippen LogP contribution is -2.02. The van der Waals surface area contributed by atoms with Gasteiger partial charge in [-0.05, 0) is 18.1 Å². The Kier molecular flexibility index (Phi) is 4.93. The predicted molar refractivity (Wildman–Crippen MR) is 63.5 cm³/mol. The van der Waals surface area contributed by atoms with E-state index in [1.54, 1.807) is 0 Å². The Balaban J connectivity index is 2.90. The molecule has 1 N–H and O–H groups in total. The lowest BCUT2D eigenvalue weighted by atomic mass is 10.2. The van der Waals surface area contributed by atoms with Gasteiger partial charge in [-0.1, -0.05) is 20.3 Å². The number of hydrogen-bond acceptors (Lipinski definition) is 2. The fourth-order valence-electron chi connectivity index (χ4n) is 1.16. The molecule has 0 spiro atoms. The number of aromatic carboxylic acids is 1. The van der Waals surface area contributed by atoms with Crippen LogP contribution < -0.4 is 0 Å². The summed E-state index contributed by atoms with van der Waals surface area (Å²) in [5.41, 5.74) is -0.368. The Morgan fingerprint density at radius 1 is 1.41 bits per heavy atom. The summed E-state index contributed by atoms with van der Waals surface area (Å²) in [5, 5.41) is 8.64. The molecule has 5 heteroatoms. The highest BCUT2D eigenvalue weighted by Gasteiger charge is 2.15. The third-order valence-corrected chi connectivity index (χ3v) is 3.87. The molecule has 0 saturated carbocycles. The Morgan fingerprint density at radius 3 is 2.35 bits per heavy atom. The van der Waals surface area contributed by atoms with Crippen LogP contribution in [-0.2, 0) is 0 Å². The van der Waals surface area contributed by atoms with Crippen LogP contribution in [0.2, 0.25) is 0 Å². The van der Waals surface area contributed by atoms with Gasteiger partial charge in [0.25, 0.3) is 0 Å². The summed E-state index contributed by atoms with van der Waals surface area (Å²) in [5.74, 6) is -1.98. The molecular formula is C12H14F2O2S. The third kappa shape index (κ3) is 3.70. The molecular weight excluding hydrogens is 246 g/mol. The summed E-state index contributed by atoms with van der Waals surface area (Å²) in [6.45, 7) is 4.00. The van der Waals surface area contributed by atoms with Crippen LogP contribution in [0.1, 0.15) is 30.6 Å². The summed E-state index contributed by atoms with van der Waals surface area (Å²) < 4.78 is 27.0. The number of rotatable bonds is 5. The number of thioether (sulfide) groups is 1. The van der Waals surface area contributed by atoms with E-state index >= 15 is 0 Å². The molecule has 0 aliphatic heterocycles. The number of carboxylic acid groups (broad SMARTS) is 1. The lowest BCUT2D eigenvalue weighted by Gasteiger charge is -2.09. The second kappa shape index (κ2) is 6.00. The molecule has 1 atom stereocenters. The summed E-state index contributed by atoms with van der Waals surface area (Å²) in [7, 11) is 0. The first kappa shape index (κ1) is 14.0. The molecule has 0 heterocycles. The number of carboxylic acids is 1. The van der Waals surface area contributed by atoms with Crippen molar-refractivity contribution in [2.24, 2.45) is 5.92 Å². The van der Waals surface area contributed by atoms with Gasteiger partial charge < -0.3 is 5.11 Å². The van der Waals surface area contributed by atoms with Gasteiger partial charge in [0, 0.05) is 5.75 Å². The van der Waals surface area contributed by atoms with Gasteiger partial charge >= 0.3 is 5.97 Å². The highest BCUT2D eigenvalue weighted by Crippen LogP contribution is 2.28. The molecule has 0 aliphatic rings. The van der Waals surface area contributed by atoms with E-state index in [1.807, 2.05) is 13.8 Å². The average Bonchev–Trinajstić information content (AvgIpc) is 2.27. The minimum atomic E-state index is -1.33. The first-order chi connectivity index (χ1) is 7.95. The van der Waals surface area contributed by atoms with Crippen LogP contribution in [-0.4, -0.2) is 16.8 Å². The molecule has 0 aromatic heterocycles. The van der Waals surface area contributed by atoms with Crippen LogP contribution in [0.3, 0.4) is 0 Å². The molecule has 0 aliphatic carbocycles. The van der Waals surface area contributed by atoms with Crippen LogP contribution in [0.25, 0.3) is 0 Å². The van der Waals surface area contributed by atoms with E-state index in [2.05, 4.69) is 0 Å². The summed E-state index contributed by atoms with van der Waals surface area (Å²) in [6.07, 6.45) is 0.934. The predicted octanol–water partition coefficient (Wildman–Crippen LogP) is 3.80. The van der Waals surface area contributed by atoms with Crippen molar-refractivity contribution in [3.05, 3.63) is 29.3 Å². The van der Waals surface area contributed by atoms with Gasteiger partial charge in [-0.25, -0.2) is 13.6 Å². The van der Waals surface area contributed by atoms with Crippen molar-refractivity contribution >= 4 is 17.7 Å². The van der Waals surface area contributed by atoms with Gasteiger partial charge in [0.15, 0.2) is 0 Å². The van der Waals surface area contributed by atoms with Crippen molar-refractivity contribution in [1.29, 1.82) is 0 Å². The van der Waals surface area contributed by atoms with Crippen molar-refractivity contribution in [1.82, 2.24) is 0 Å². The molecule has 1 aromatic carbocycles. The van der Waals surface area contributed by atoms with E-state index in [4.69, 9.17) is 5.11 Å². The quantitative estimate of drug-likeness (QED) is 0.818. The highest BCUT2D eigenvalue weighted by molar-refractivity contribution is 7.99. The van der Waals surface area contributed by atoms with Gasteiger partial charge in [-0.15, -0.1) is 11.8 Å². The minimum absolute atomic E-state index is 0.102. The van der Waals surface area contributed by atoms with E-state index in [0.717, 1.165) is 30.3 Å². The zero-order valence-electron chi connectivity index (χ0n) is 9.67. The Morgan fingerprint density at radius 2 is 1.94 bits per heavy atom. The molecule has 0 amide bonds. The highest BCUT2D eigenvalue weighted by atomic mass is 32.2. The smallest absolute Gasteiger partial charge is 0.335 e. The molecule has 0 fully saturated rings. The van der Waals surface area contributed by atoms with Crippen LogP contribution >= 0.6 is 11.8 Å². The number of halogens is 2. The maximum absolute atomic E-state index is 13.5. The van der Waals surface area contributed by atoms with E-state index in [-0.39, 0.29) is 10.5 Å². The van der Waals surface area contributed by atoms with Crippen molar-refractivity contribution in [3.63, 3.8) is 0 Å². The average molecular weight is 260 g/mol. The van der Waals surface area contributed by atoms with E-state index in [0.29, 0.717) is 11.7 Å². The van der Waals surface area contributed by atoms with Gasteiger partial charge in [0.05, 0.1) is 10.5 Å². The van der Waals surface area contributed by atoms with Crippen LogP contribution in [0.4, 0.5) is 8.78 Å². The third-order valence-electron chi connectivity index (χ3n) is 2.45. The molecule has 17 heavy (non-hydrogen) atoms. The topological polar surface area (TPSA) is 37.3 Å². The standard InChI is InChI=1S/C12H14F2O2S/c1-3-7(2)6-17-11-9(13)4-8(12(15)16)5-10(11)14/h4-5,7H,3,6H2,1-2H3,(H,15,16). The van der Waals surface area contributed by atoms with Crippen molar-refractivity contribution < 1.29 is 18.7 Å². The molecule has 0 radical (unpaired) electrons. The van der Waals surface area contributed by atoms with Crippen LogP contribution in [0, 0.1) is 17.6 Å². The van der Waals surface area contributed by atoms with Crippen molar-refractivity contribution in [2.45, 2.75) is 25.2 Å². The first-order valence-electron chi connectivity index (χ1n) is 5.30. The van der Waals surface area contributed by atoms with Gasteiger partial charge in [-0.2, -0.15) is 0 Å². The molecule has 2 nitrogen and oxygen atoms in total. The lowest BCUT2D eigenvalue weighted by molar-refractivity contribution is 0.0695. The minimum Gasteiger partial charge on any atom is -0.478 e. The Labute approximate surface area is 103 Å². The summed E-state index contributed by atoms with van der Waals surface area (Å²) in [6, 6.07) is 1.70. The second-order valence-electron chi connectivity index (χ2n) is 3.90. The van der Waals surface area contributed by atoms with Crippen molar-refractivity contribution in [3.8, 4) is 0 Å². The molecule has 1 rings (SSSR count). The SMILES string of the molecule is CCC(C)CSc1c(F)cc(C(=O)O)cc1F. The normalized spacial score (nSPS) is 12.5. The number of hydrogen-bond donors (Lipinski definition) is 1. The molecule has 0 saturated heterocycles. The van der Waals surface area contributed by atoms with E-state index < -0.39 is 17.6 Å². The zero-order valence-corrected chi connectivity index (χ0v) is 10.5. The number of benzene rings is 1. The fraction of sp³-hybridized carbons (Fsp3) is 0.417. The number of carbonyl (C=O) groups is 1. The van der Waals surface area contributed by atoms with E-state index in [1.165, 1.54) is 0 Å². The monoisotopic (exact) mass is 260 g/mol. The van der Waals surface area contributed by atoms with Gasteiger partial charge in [0.2, 0.25) is 0 Å². The molecule has 0 bridgehead atoms. The molecule has 1 unspecified atom stereocenters. The fourth-order valence-corrected chi connectivity index (χ4v) is 2.25. The molecule has 94 valence electrons.